The molecule has 29 heavy (non-hydrogen) atoms. The number of benzene rings is 1. The third-order valence-electron chi connectivity index (χ3n) is 6.24. The SMILES string of the molecule is CCCC[C@H]1c2c(c[nH]c2CC(=O)OC)C[C@H]2C(=O)N(c3ccccc3)C(=O)[C@H]21. The monoisotopic (exact) mass is 394 g/mol. The summed E-state index contributed by atoms with van der Waals surface area (Å²) in [5, 5.41) is 0. The van der Waals surface area contributed by atoms with Gasteiger partial charge in [-0.2, -0.15) is 0 Å². The Balaban J connectivity index is 1.74. The predicted octanol–water partition coefficient (Wildman–Crippen LogP) is 3.37. The number of carbonyl (C=O) groups is 3. The van der Waals surface area contributed by atoms with Crippen LogP contribution >= 0.6 is 0 Å². The van der Waals surface area contributed by atoms with E-state index < -0.39 is 0 Å². The van der Waals surface area contributed by atoms with Crippen molar-refractivity contribution in [1.29, 1.82) is 0 Å². The number of imide groups is 1. The number of anilines is 1. The van der Waals surface area contributed by atoms with Gasteiger partial charge in [0.2, 0.25) is 11.8 Å². The van der Waals surface area contributed by atoms with Gasteiger partial charge in [0.15, 0.2) is 0 Å². The van der Waals surface area contributed by atoms with Crippen LogP contribution in [0.5, 0.6) is 0 Å². The molecular formula is C23H26N2O4. The Kier molecular flexibility index (Phi) is 5.26. The fourth-order valence-electron chi connectivity index (χ4n) is 4.93. The molecule has 0 spiro atoms. The van der Waals surface area contributed by atoms with E-state index in [9.17, 15) is 14.4 Å². The second kappa shape index (κ2) is 7.85. The van der Waals surface area contributed by atoms with Gasteiger partial charge in [0, 0.05) is 11.9 Å². The highest BCUT2D eigenvalue weighted by atomic mass is 16.5. The lowest BCUT2D eigenvalue weighted by molar-refractivity contribution is -0.139. The lowest BCUT2D eigenvalue weighted by atomic mass is 9.68. The van der Waals surface area contributed by atoms with Gasteiger partial charge in [-0.1, -0.05) is 38.0 Å². The molecule has 0 radical (unpaired) electrons. The van der Waals surface area contributed by atoms with Crippen LogP contribution in [0.25, 0.3) is 0 Å². The summed E-state index contributed by atoms with van der Waals surface area (Å²) in [4.78, 5) is 43.2. The molecule has 1 saturated heterocycles. The highest BCUT2D eigenvalue weighted by molar-refractivity contribution is 6.22. The molecule has 2 heterocycles. The molecule has 6 nitrogen and oxygen atoms in total. The maximum absolute atomic E-state index is 13.4. The minimum absolute atomic E-state index is 0.0697. The van der Waals surface area contributed by atoms with Crippen LogP contribution in [-0.2, 0) is 32.0 Å². The molecule has 3 atom stereocenters. The summed E-state index contributed by atoms with van der Waals surface area (Å²) in [7, 11) is 1.37. The van der Waals surface area contributed by atoms with Gasteiger partial charge in [0.1, 0.15) is 0 Å². The van der Waals surface area contributed by atoms with Gasteiger partial charge < -0.3 is 9.72 Å². The Hall–Kier alpha value is -2.89. The predicted molar refractivity (Wildman–Crippen MR) is 108 cm³/mol. The van der Waals surface area contributed by atoms with Crippen molar-refractivity contribution in [3.05, 3.63) is 53.3 Å². The third kappa shape index (κ3) is 3.26. The fourth-order valence-corrected chi connectivity index (χ4v) is 4.93. The first-order valence-corrected chi connectivity index (χ1v) is 10.3. The topological polar surface area (TPSA) is 79.5 Å². The molecule has 0 unspecified atom stereocenters. The zero-order valence-corrected chi connectivity index (χ0v) is 16.8. The van der Waals surface area contributed by atoms with E-state index in [1.165, 1.54) is 12.0 Å². The van der Waals surface area contributed by atoms with Gasteiger partial charge in [-0.15, -0.1) is 0 Å². The number of amides is 2. The quantitative estimate of drug-likeness (QED) is 0.602. The van der Waals surface area contributed by atoms with Gasteiger partial charge in [0.25, 0.3) is 0 Å². The number of ether oxygens (including phenoxy) is 1. The number of methoxy groups -OCH3 is 1. The minimum atomic E-state index is -0.381. The van der Waals surface area contributed by atoms with E-state index in [4.69, 9.17) is 4.74 Å². The van der Waals surface area contributed by atoms with Crippen LogP contribution in [0.4, 0.5) is 5.69 Å². The average Bonchev–Trinajstić information content (AvgIpc) is 3.25. The minimum Gasteiger partial charge on any atom is -0.469 e. The maximum atomic E-state index is 13.4. The number of carbonyl (C=O) groups excluding carboxylic acids is 3. The first kappa shape index (κ1) is 19.4. The van der Waals surface area contributed by atoms with Crippen molar-refractivity contribution >= 4 is 23.5 Å². The molecule has 0 saturated carbocycles. The van der Waals surface area contributed by atoms with E-state index >= 15 is 0 Å². The number of aromatic amines is 1. The second-order valence-electron chi connectivity index (χ2n) is 7.89. The Bertz CT molecular complexity index is 934. The number of fused-ring (bicyclic) bond motifs is 2. The fraction of sp³-hybridized carbons (Fsp3) is 0.435. The molecule has 1 aliphatic heterocycles. The summed E-state index contributed by atoms with van der Waals surface area (Å²) >= 11 is 0. The molecule has 0 bridgehead atoms. The van der Waals surface area contributed by atoms with E-state index in [-0.39, 0.29) is 42.0 Å². The Morgan fingerprint density at radius 1 is 1.21 bits per heavy atom. The number of unbranched alkanes of at least 4 members (excludes halogenated alkanes) is 1. The summed E-state index contributed by atoms with van der Waals surface area (Å²) < 4.78 is 4.84. The summed E-state index contributed by atoms with van der Waals surface area (Å²) in [6.45, 7) is 2.12. The van der Waals surface area contributed by atoms with Gasteiger partial charge in [0.05, 0.1) is 31.1 Å². The van der Waals surface area contributed by atoms with E-state index in [1.54, 1.807) is 12.1 Å². The molecule has 2 amide bonds. The smallest absolute Gasteiger partial charge is 0.311 e. The Morgan fingerprint density at radius 3 is 2.66 bits per heavy atom. The summed E-state index contributed by atoms with van der Waals surface area (Å²) in [5.74, 6) is -1.35. The molecule has 2 aliphatic rings. The van der Waals surface area contributed by atoms with Crippen LogP contribution in [0.3, 0.4) is 0 Å². The number of hydrogen-bond donors (Lipinski definition) is 1. The number of rotatable bonds is 6. The number of nitrogens with one attached hydrogen (secondary N) is 1. The third-order valence-corrected chi connectivity index (χ3v) is 6.24. The van der Waals surface area contributed by atoms with Crippen molar-refractivity contribution in [2.24, 2.45) is 11.8 Å². The van der Waals surface area contributed by atoms with E-state index in [2.05, 4.69) is 11.9 Å². The van der Waals surface area contributed by atoms with Gasteiger partial charge in [-0.25, -0.2) is 0 Å². The largest absolute Gasteiger partial charge is 0.469 e. The standard InChI is InChI=1S/C23H26N2O4/c1-3-4-10-16-20-14(13-24-18(20)12-19(26)29-2)11-17-21(16)23(28)25(22(17)27)15-8-6-5-7-9-15/h5-9,13,16-17,21,24H,3-4,10-12H2,1-2H3/t16-,17+,21-/m0/s1. The summed E-state index contributed by atoms with van der Waals surface area (Å²) in [5.41, 5.74) is 3.53. The highest BCUT2D eigenvalue weighted by Gasteiger charge is 2.54. The first-order valence-electron chi connectivity index (χ1n) is 10.3. The lowest BCUT2D eigenvalue weighted by Gasteiger charge is -2.32. The van der Waals surface area contributed by atoms with Gasteiger partial charge in [-0.3, -0.25) is 19.3 Å². The normalized spacial score (nSPS) is 23.1. The van der Waals surface area contributed by atoms with Crippen LogP contribution < -0.4 is 4.90 Å². The van der Waals surface area contributed by atoms with Crippen molar-refractivity contribution in [2.45, 2.75) is 44.9 Å². The van der Waals surface area contributed by atoms with Crippen LogP contribution in [0.15, 0.2) is 36.5 Å². The van der Waals surface area contributed by atoms with Crippen molar-refractivity contribution in [3.8, 4) is 0 Å². The molecule has 1 aromatic heterocycles. The van der Waals surface area contributed by atoms with Crippen molar-refractivity contribution < 1.29 is 19.1 Å². The molecule has 6 heteroatoms. The zero-order valence-electron chi connectivity index (χ0n) is 16.8. The number of hydrogen-bond acceptors (Lipinski definition) is 4. The second-order valence-corrected chi connectivity index (χ2v) is 7.89. The van der Waals surface area contributed by atoms with Crippen molar-refractivity contribution in [2.75, 3.05) is 12.0 Å². The van der Waals surface area contributed by atoms with E-state index in [1.807, 2.05) is 24.4 Å². The molecule has 1 N–H and O–H groups in total. The highest BCUT2D eigenvalue weighted by Crippen LogP contribution is 2.49. The van der Waals surface area contributed by atoms with E-state index in [0.717, 1.165) is 36.1 Å². The van der Waals surface area contributed by atoms with Crippen molar-refractivity contribution in [3.63, 3.8) is 0 Å². The molecule has 1 aliphatic carbocycles. The van der Waals surface area contributed by atoms with Gasteiger partial charge >= 0.3 is 5.97 Å². The zero-order chi connectivity index (χ0) is 20.5. The van der Waals surface area contributed by atoms with Gasteiger partial charge in [-0.05, 0) is 42.0 Å². The number of nitrogens with zero attached hydrogens (tertiary/aromatic N) is 1. The maximum Gasteiger partial charge on any atom is 0.311 e. The molecule has 4 rings (SSSR count). The lowest BCUT2D eigenvalue weighted by Crippen LogP contribution is -2.32. The number of H-pyrrole nitrogens is 1. The molecule has 2 aromatic rings. The Labute approximate surface area is 170 Å². The molecule has 152 valence electrons. The Morgan fingerprint density at radius 2 is 1.97 bits per heavy atom. The van der Waals surface area contributed by atoms with Crippen molar-refractivity contribution in [1.82, 2.24) is 4.98 Å². The summed E-state index contributed by atoms with van der Waals surface area (Å²) in [6, 6.07) is 9.15. The van der Waals surface area contributed by atoms with Crippen LogP contribution in [0, 0.1) is 11.8 Å². The van der Waals surface area contributed by atoms with Crippen LogP contribution in [-0.4, -0.2) is 29.9 Å². The molecule has 1 aromatic carbocycles. The number of aromatic nitrogens is 1. The number of para-hydroxylation sites is 1. The first-order chi connectivity index (χ1) is 14.1. The molecular weight excluding hydrogens is 368 g/mol. The summed E-state index contributed by atoms with van der Waals surface area (Å²) in [6.07, 6.45) is 5.35. The van der Waals surface area contributed by atoms with Crippen LogP contribution in [0.1, 0.15) is 48.9 Å². The van der Waals surface area contributed by atoms with Crippen LogP contribution in [0.2, 0.25) is 0 Å². The van der Waals surface area contributed by atoms with E-state index in [0.29, 0.717) is 12.1 Å². The molecule has 1 fully saturated rings. The number of esters is 1. The average molecular weight is 394 g/mol.